The summed E-state index contributed by atoms with van der Waals surface area (Å²) in [5, 5.41) is 3.03. The third-order valence-electron chi connectivity index (χ3n) is 5.18. The van der Waals surface area contributed by atoms with Crippen molar-refractivity contribution in [1.82, 2.24) is 5.32 Å². The molecule has 0 heterocycles. The molecule has 1 unspecified atom stereocenters. The molecule has 5 nitrogen and oxygen atoms in total. The van der Waals surface area contributed by atoms with Gasteiger partial charge in [-0.15, -0.1) is 0 Å². The van der Waals surface area contributed by atoms with E-state index in [1.807, 2.05) is 24.3 Å². The van der Waals surface area contributed by atoms with Crippen LogP contribution in [-0.4, -0.2) is 27.2 Å². The molecule has 144 valence electrons. The number of carbonyl (C=O) groups excluding carboxylic acids is 1. The average molecular weight is 369 g/mol. The van der Waals surface area contributed by atoms with Gasteiger partial charge in [0.15, 0.2) is 0 Å². The van der Waals surface area contributed by atoms with Crippen LogP contribution in [-0.2, 0) is 17.8 Å². The lowest BCUT2D eigenvalue weighted by molar-refractivity contribution is -0.121. The smallest absolute Gasteiger partial charge is 0.220 e. The molecule has 0 aliphatic heterocycles. The number of fused-ring (bicyclic) bond motifs is 1. The molecular weight excluding hydrogens is 342 g/mol. The van der Waals surface area contributed by atoms with Crippen molar-refractivity contribution in [1.29, 1.82) is 0 Å². The second-order valence-corrected chi connectivity index (χ2v) is 6.81. The molecule has 0 bridgehead atoms. The Morgan fingerprint density at radius 1 is 1.04 bits per heavy atom. The number of aryl methyl sites for hydroxylation is 1. The summed E-state index contributed by atoms with van der Waals surface area (Å²) in [6.45, 7) is 0.418. The largest absolute Gasteiger partial charge is 0.497 e. The Labute approximate surface area is 160 Å². The lowest BCUT2D eigenvalue weighted by Crippen LogP contribution is -2.26. The second kappa shape index (κ2) is 8.80. The predicted molar refractivity (Wildman–Crippen MR) is 105 cm³/mol. The molecule has 0 saturated heterocycles. The third kappa shape index (κ3) is 4.54. The van der Waals surface area contributed by atoms with Crippen LogP contribution < -0.4 is 19.5 Å². The number of hydrogen-bond acceptors (Lipinski definition) is 4. The van der Waals surface area contributed by atoms with Gasteiger partial charge in [-0.3, -0.25) is 4.79 Å². The maximum Gasteiger partial charge on any atom is 0.220 e. The number of nitrogens with one attached hydrogen (secondary N) is 1. The van der Waals surface area contributed by atoms with Crippen LogP contribution >= 0.6 is 0 Å². The molecule has 1 aliphatic carbocycles. The lowest BCUT2D eigenvalue weighted by atomic mass is 9.81. The van der Waals surface area contributed by atoms with Crippen LogP contribution in [0.3, 0.4) is 0 Å². The minimum absolute atomic E-state index is 0.0496. The van der Waals surface area contributed by atoms with Crippen molar-refractivity contribution < 1.29 is 19.0 Å². The number of rotatable bonds is 7. The molecule has 0 saturated carbocycles. The fourth-order valence-electron chi connectivity index (χ4n) is 3.74. The van der Waals surface area contributed by atoms with Crippen LogP contribution in [0, 0.1) is 0 Å². The molecule has 2 aromatic rings. The minimum atomic E-state index is 0.0496. The summed E-state index contributed by atoms with van der Waals surface area (Å²) in [5.41, 5.74) is 3.48. The predicted octanol–water partition coefficient (Wildman–Crippen LogP) is 3.84. The minimum Gasteiger partial charge on any atom is -0.497 e. The fraction of sp³-hybridized carbons (Fsp3) is 0.409. The number of ether oxygens (including phenoxy) is 3. The topological polar surface area (TPSA) is 56.8 Å². The van der Waals surface area contributed by atoms with Gasteiger partial charge in [0.1, 0.15) is 17.2 Å². The van der Waals surface area contributed by atoms with Gasteiger partial charge in [0.25, 0.3) is 0 Å². The third-order valence-corrected chi connectivity index (χ3v) is 5.18. The first-order valence-electron chi connectivity index (χ1n) is 9.29. The van der Waals surface area contributed by atoms with Gasteiger partial charge < -0.3 is 19.5 Å². The van der Waals surface area contributed by atoms with Gasteiger partial charge >= 0.3 is 0 Å². The Bertz CT molecular complexity index is 803. The Kier molecular flexibility index (Phi) is 6.22. The summed E-state index contributed by atoms with van der Waals surface area (Å²) < 4.78 is 16.0. The highest BCUT2D eigenvalue weighted by molar-refractivity contribution is 5.77. The van der Waals surface area contributed by atoms with E-state index in [-0.39, 0.29) is 11.8 Å². The summed E-state index contributed by atoms with van der Waals surface area (Å²) in [6, 6.07) is 11.8. The first kappa shape index (κ1) is 19.1. The summed E-state index contributed by atoms with van der Waals surface area (Å²) in [4.78, 5) is 12.6. The molecule has 0 fully saturated rings. The highest BCUT2D eigenvalue weighted by Crippen LogP contribution is 2.35. The van der Waals surface area contributed by atoms with Crippen LogP contribution in [0.2, 0.25) is 0 Å². The van der Waals surface area contributed by atoms with Crippen molar-refractivity contribution in [2.45, 2.75) is 38.1 Å². The van der Waals surface area contributed by atoms with Crippen molar-refractivity contribution in [3.05, 3.63) is 53.1 Å². The zero-order valence-electron chi connectivity index (χ0n) is 16.2. The van der Waals surface area contributed by atoms with Crippen LogP contribution in [0.15, 0.2) is 36.4 Å². The highest BCUT2D eigenvalue weighted by Gasteiger charge is 2.23. The highest BCUT2D eigenvalue weighted by atomic mass is 16.5. The van der Waals surface area contributed by atoms with Crippen molar-refractivity contribution in [3.8, 4) is 17.2 Å². The van der Waals surface area contributed by atoms with E-state index in [0.29, 0.717) is 13.0 Å². The molecule has 1 amide bonds. The SMILES string of the molecule is COc1ccc(OC)c(CNC(=O)CC2CCCc3cc(OC)ccc32)c1. The Hall–Kier alpha value is -2.69. The molecule has 0 spiro atoms. The summed E-state index contributed by atoms with van der Waals surface area (Å²) in [5.74, 6) is 2.67. The quantitative estimate of drug-likeness (QED) is 0.806. The van der Waals surface area contributed by atoms with Gasteiger partial charge in [-0.05, 0) is 66.6 Å². The number of carbonyl (C=O) groups is 1. The van der Waals surface area contributed by atoms with Gasteiger partial charge in [-0.25, -0.2) is 0 Å². The molecule has 1 N–H and O–H groups in total. The standard InChI is InChI=1S/C22H27NO4/c1-25-18-7-9-20-15(11-18)5-4-6-16(20)13-22(24)23-14-17-12-19(26-2)8-10-21(17)27-3/h7-12,16H,4-6,13-14H2,1-3H3,(H,23,24). The zero-order chi connectivity index (χ0) is 19.2. The molecule has 0 aromatic heterocycles. The van der Waals surface area contributed by atoms with Crippen LogP contribution in [0.4, 0.5) is 0 Å². The lowest BCUT2D eigenvalue weighted by Gasteiger charge is -2.25. The van der Waals surface area contributed by atoms with E-state index >= 15 is 0 Å². The van der Waals surface area contributed by atoms with Crippen LogP contribution in [0.5, 0.6) is 17.2 Å². The molecule has 2 aromatic carbocycles. The van der Waals surface area contributed by atoms with Gasteiger partial charge in [0.05, 0.1) is 21.3 Å². The van der Waals surface area contributed by atoms with Crippen molar-refractivity contribution in [2.75, 3.05) is 21.3 Å². The second-order valence-electron chi connectivity index (χ2n) is 6.81. The Balaban J connectivity index is 1.64. The first-order chi connectivity index (χ1) is 13.1. The van der Waals surface area contributed by atoms with Gasteiger partial charge in [0.2, 0.25) is 5.91 Å². The molecule has 1 aliphatic rings. The maximum absolute atomic E-state index is 12.6. The van der Waals surface area contributed by atoms with E-state index in [9.17, 15) is 4.79 Å². The van der Waals surface area contributed by atoms with Gasteiger partial charge in [0, 0.05) is 18.5 Å². The maximum atomic E-state index is 12.6. The number of benzene rings is 2. The molecule has 0 radical (unpaired) electrons. The van der Waals surface area contributed by atoms with E-state index in [1.165, 1.54) is 11.1 Å². The first-order valence-corrected chi connectivity index (χ1v) is 9.29. The van der Waals surface area contributed by atoms with Crippen molar-refractivity contribution in [3.63, 3.8) is 0 Å². The van der Waals surface area contributed by atoms with Crippen LogP contribution in [0.25, 0.3) is 0 Å². The molecule has 27 heavy (non-hydrogen) atoms. The van der Waals surface area contributed by atoms with Crippen molar-refractivity contribution >= 4 is 5.91 Å². The van der Waals surface area contributed by atoms with E-state index in [4.69, 9.17) is 14.2 Å². The number of methoxy groups -OCH3 is 3. The summed E-state index contributed by atoms with van der Waals surface area (Å²) >= 11 is 0. The van der Waals surface area contributed by atoms with E-state index in [2.05, 4.69) is 17.4 Å². The molecule has 3 rings (SSSR count). The van der Waals surface area contributed by atoms with Crippen LogP contribution in [0.1, 0.15) is 41.9 Å². The molecule has 1 atom stereocenters. The van der Waals surface area contributed by atoms with Crippen molar-refractivity contribution in [2.24, 2.45) is 0 Å². The van der Waals surface area contributed by atoms with E-state index in [0.717, 1.165) is 42.1 Å². The summed E-state index contributed by atoms with van der Waals surface area (Å²) in [6.07, 6.45) is 3.67. The monoisotopic (exact) mass is 369 g/mol. The fourth-order valence-corrected chi connectivity index (χ4v) is 3.74. The van der Waals surface area contributed by atoms with Gasteiger partial charge in [-0.2, -0.15) is 0 Å². The van der Waals surface area contributed by atoms with E-state index in [1.54, 1.807) is 21.3 Å². The van der Waals surface area contributed by atoms with E-state index < -0.39 is 0 Å². The number of amides is 1. The normalized spacial score (nSPS) is 15.6. The number of hydrogen-bond donors (Lipinski definition) is 1. The summed E-state index contributed by atoms with van der Waals surface area (Å²) in [7, 11) is 4.93. The average Bonchev–Trinajstić information content (AvgIpc) is 2.71. The molecular formula is C22H27NO4. The Morgan fingerprint density at radius 2 is 1.78 bits per heavy atom. The molecule has 5 heteroatoms. The zero-order valence-corrected chi connectivity index (χ0v) is 16.2. The van der Waals surface area contributed by atoms with Gasteiger partial charge in [-0.1, -0.05) is 6.07 Å². The Morgan fingerprint density at radius 3 is 2.52 bits per heavy atom.